The van der Waals surface area contributed by atoms with Crippen molar-refractivity contribution in [2.45, 2.75) is 0 Å². The highest BCUT2D eigenvalue weighted by atomic mass is 35.5. The van der Waals surface area contributed by atoms with Gasteiger partial charge in [-0.05, 0) is 18.2 Å². The maximum absolute atomic E-state index is 13.2. The van der Waals surface area contributed by atoms with Gasteiger partial charge in [0.25, 0.3) is 0 Å². The van der Waals surface area contributed by atoms with Crippen LogP contribution in [0.15, 0.2) is 18.2 Å². The molecule has 6 heteroatoms. The second-order valence-corrected chi connectivity index (χ2v) is 3.35. The predicted octanol–water partition coefficient (Wildman–Crippen LogP) is 1.53. The van der Waals surface area contributed by atoms with E-state index < -0.39 is 5.82 Å². The van der Waals surface area contributed by atoms with Gasteiger partial charge in [-0.25, -0.2) is 4.39 Å². The highest BCUT2D eigenvalue weighted by Gasteiger charge is 2.04. The molecule has 1 aromatic rings. The van der Waals surface area contributed by atoms with Crippen molar-refractivity contribution in [3.63, 3.8) is 0 Å². The van der Waals surface area contributed by atoms with Gasteiger partial charge in [-0.15, -0.1) is 0 Å². The summed E-state index contributed by atoms with van der Waals surface area (Å²) in [5.41, 5.74) is 0.191. The van der Waals surface area contributed by atoms with Gasteiger partial charge in [-0.1, -0.05) is 11.6 Å². The molecule has 0 aromatic heterocycles. The van der Waals surface area contributed by atoms with E-state index in [0.29, 0.717) is 0 Å². The van der Waals surface area contributed by atoms with Gasteiger partial charge in [-0.3, -0.25) is 4.79 Å². The van der Waals surface area contributed by atoms with Gasteiger partial charge < -0.3 is 10.6 Å². The maximum atomic E-state index is 13.2. The number of benzene rings is 1. The Balaban J connectivity index is 2.49. The van der Waals surface area contributed by atoms with Crippen molar-refractivity contribution in [2.24, 2.45) is 0 Å². The molecule has 1 rings (SSSR count). The van der Waals surface area contributed by atoms with Crippen LogP contribution in [0.2, 0.25) is 5.02 Å². The topological polar surface area (TPSA) is 64.9 Å². The fraction of sp³-hybridized carbons (Fsp3) is 0.200. The third-order valence-corrected chi connectivity index (χ3v) is 1.97. The van der Waals surface area contributed by atoms with Crippen LogP contribution in [0.1, 0.15) is 0 Å². The van der Waals surface area contributed by atoms with E-state index in [-0.39, 0.29) is 29.7 Å². The molecule has 0 bridgehead atoms. The molecule has 0 aliphatic rings. The fourth-order valence-electron chi connectivity index (χ4n) is 1.01. The lowest BCUT2D eigenvalue weighted by atomic mass is 10.3. The van der Waals surface area contributed by atoms with Gasteiger partial charge in [0.15, 0.2) is 0 Å². The second-order valence-electron chi connectivity index (χ2n) is 2.91. The lowest BCUT2D eigenvalue weighted by Gasteiger charge is -2.06. The van der Waals surface area contributed by atoms with Gasteiger partial charge >= 0.3 is 0 Å². The molecule has 1 aromatic carbocycles. The molecule has 4 nitrogen and oxygen atoms in total. The van der Waals surface area contributed by atoms with Crippen LogP contribution in [0.3, 0.4) is 0 Å². The quantitative estimate of drug-likeness (QED) is 0.786. The highest BCUT2D eigenvalue weighted by molar-refractivity contribution is 6.30. The molecular formula is C10H9ClFN3O. The molecule has 0 spiro atoms. The van der Waals surface area contributed by atoms with Gasteiger partial charge in [0.2, 0.25) is 5.91 Å². The number of nitrogens with zero attached hydrogens (tertiary/aromatic N) is 1. The van der Waals surface area contributed by atoms with E-state index in [2.05, 4.69) is 10.6 Å². The Morgan fingerprint density at radius 3 is 2.94 bits per heavy atom. The normalized spacial score (nSPS) is 9.31. The summed E-state index contributed by atoms with van der Waals surface area (Å²) in [6.45, 7) is -0.163. The summed E-state index contributed by atoms with van der Waals surface area (Å²) in [6.07, 6.45) is 0. The number of amides is 1. The number of halogens is 2. The molecule has 0 unspecified atom stereocenters. The third-order valence-electron chi connectivity index (χ3n) is 1.74. The van der Waals surface area contributed by atoms with Crippen LogP contribution in [0, 0.1) is 17.1 Å². The van der Waals surface area contributed by atoms with Crippen molar-refractivity contribution in [2.75, 3.05) is 18.4 Å². The lowest BCUT2D eigenvalue weighted by Crippen LogP contribution is -2.30. The van der Waals surface area contributed by atoms with E-state index >= 15 is 0 Å². The lowest BCUT2D eigenvalue weighted by molar-refractivity contribution is -0.119. The number of carbonyl (C=O) groups is 1. The largest absolute Gasteiger partial charge is 0.374 e. The average molecular weight is 242 g/mol. The summed E-state index contributed by atoms with van der Waals surface area (Å²) < 4.78 is 13.2. The molecule has 0 saturated carbocycles. The average Bonchev–Trinajstić information content (AvgIpc) is 2.25. The first-order chi connectivity index (χ1) is 7.63. The van der Waals surface area contributed by atoms with Crippen LogP contribution in [0.4, 0.5) is 10.1 Å². The van der Waals surface area contributed by atoms with Crippen molar-refractivity contribution in [1.29, 1.82) is 5.26 Å². The smallest absolute Gasteiger partial charge is 0.240 e. The monoisotopic (exact) mass is 241 g/mol. The van der Waals surface area contributed by atoms with E-state index in [4.69, 9.17) is 16.9 Å². The van der Waals surface area contributed by atoms with Crippen LogP contribution in [-0.2, 0) is 4.79 Å². The summed E-state index contributed by atoms with van der Waals surface area (Å²) in [4.78, 5) is 11.1. The fourth-order valence-corrected chi connectivity index (χ4v) is 1.17. The summed E-state index contributed by atoms with van der Waals surface area (Å²) in [6, 6.07) is 5.87. The Bertz CT molecular complexity index is 431. The Labute approximate surface area is 97.0 Å². The zero-order valence-corrected chi connectivity index (χ0v) is 9.01. The minimum Gasteiger partial charge on any atom is -0.374 e. The van der Waals surface area contributed by atoms with E-state index in [1.54, 1.807) is 6.07 Å². The van der Waals surface area contributed by atoms with Gasteiger partial charge in [-0.2, -0.15) is 5.26 Å². The highest BCUT2D eigenvalue weighted by Crippen LogP contribution is 2.18. The molecule has 84 valence electrons. The van der Waals surface area contributed by atoms with E-state index in [9.17, 15) is 9.18 Å². The molecule has 2 N–H and O–H groups in total. The number of carbonyl (C=O) groups excluding carboxylic acids is 1. The molecule has 0 atom stereocenters. The van der Waals surface area contributed by atoms with E-state index in [1.165, 1.54) is 12.1 Å². The number of hydrogen-bond donors (Lipinski definition) is 2. The molecular weight excluding hydrogens is 233 g/mol. The van der Waals surface area contributed by atoms with Gasteiger partial charge in [0, 0.05) is 5.02 Å². The Hall–Kier alpha value is -1.80. The minimum absolute atomic E-state index is 0.0659. The van der Waals surface area contributed by atoms with Crippen molar-refractivity contribution in [3.05, 3.63) is 29.0 Å². The van der Waals surface area contributed by atoms with Gasteiger partial charge in [0.1, 0.15) is 12.4 Å². The standard InChI is InChI=1S/C10H9ClFN3O/c11-7-1-2-9(8(12)5-7)15-6-10(16)14-4-3-13/h1-2,5,15H,4,6H2,(H,14,16). The number of nitriles is 1. The number of nitrogens with one attached hydrogen (secondary N) is 2. The van der Waals surface area contributed by atoms with Gasteiger partial charge in [0.05, 0.1) is 18.3 Å². The zero-order chi connectivity index (χ0) is 12.0. The van der Waals surface area contributed by atoms with Crippen LogP contribution in [-0.4, -0.2) is 19.0 Å². The maximum Gasteiger partial charge on any atom is 0.240 e. The summed E-state index contributed by atoms with van der Waals surface area (Å²) in [7, 11) is 0. The molecule has 0 saturated heterocycles. The number of hydrogen-bond acceptors (Lipinski definition) is 3. The second kappa shape index (κ2) is 5.93. The Morgan fingerprint density at radius 1 is 1.56 bits per heavy atom. The van der Waals surface area contributed by atoms with Crippen LogP contribution < -0.4 is 10.6 Å². The van der Waals surface area contributed by atoms with Crippen LogP contribution in [0.25, 0.3) is 0 Å². The molecule has 1 amide bonds. The van der Waals surface area contributed by atoms with Crippen LogP contribution in [0.5, 0.6) is 0 Å². The molecule has 0 radical (unpaired) electrons. The third kappa shape index (κ3) is 3.75. The summed E-state index contributed by atoms with van der Waals surface area (Å²) in [5, 5.41) is 13.4. The first-order valence-corrected chi connectivity index (χ1v) is 4.84. The first kappa shape index (κ1) is 12.3. The predicted molar refractivity (Wildman–Crippen MR) is 58.5 cm³/mol. The van der Waals surface area contributed by atoms with E-state index in [0.717, 1.165) is 6.07 Å². The van der Waals surface area contributed by atoms with Crippen molar-refractivity contribution in [1.82, 2.24) is 5.32 Å². The van der Waals surface area contributed by atoms with Crippen molar-refractivity contribution < 1.29 is 9.18 Å². The summed E-state index contributed by atoms with van der Waals surface area (Å²) >= 11 is 5.57. The Morgan fingerprint density at radius 2 is 2.31 bits per heavy atom. The van der Waals surface area contributed by atoms with E-state index in [1.807, 2.05) is 0 Å². The molecule has 16 heavy (non-hydrogen) atoms. The zero-order valence-electron chi connectivity index (χ0n) is 8.26. The molecule has 0 fully saturated rings. The first-order valence-electron chi connectivity index (χ1n) is 4.46. The summed E-state index contributed by atoms with van der Waals surface area (Å²) in [5.74, 6) is -0.906. The number of rotatable bonds is 4. The molecule has 0 heterocycles. The van der Waals surface area contributed by atoms with Crippen molar-refractivity contribution >= 4 is 23.2 Å². The number of anilines is 1. The molecule has 0 aliphatic carbocycles. The molecule has 0 aliphatic heterocycles. The SMILES string of the molecule is N#CCNC(=O)CNc1ccc(Cl)cc1F. The Kier molecular flexibility index (Phi) is 4.55. The van der Waals surface area contributed by atoms with Crippen molar-refractivity contribution in [3.8, 4) is 6.07 Å². The minimum atomic E-state index is -0.527. The van der Waals surface area contributed by atoms with Crippen LogP contribution >= 0.6 is 11.6 Å².